The lowest BCUT2D eigenvalue weighted by atomic mass is 10.1. The van der Waals surface area contributed by atoms with Crippen molar-refractivity contribution < 1.29 is 0 Å². The third-order valence-electron chi connectivity index (χ3n) is 3.59. The minimum absolute atomic E-state index is 0.780. The second-order valence-corrected chi connectivity index (χ2v) is 5.93. The van der Waals surface area contributed by atoms with Gasteiger partial charge in [-0.1, -0.05) is 19.9 Å². The van der Waals surface area contributed by atoms with Gasteiger partial charge >= 0.3 is 0 Å². The third kappa shape index (κ3) is 4.83. The molecule has 0 atom stereocenters. The number of nitrogens with one attached hydrogen (secondary N) is 1. The van der Waals surface area contributed by atoms with Gasteiger partial charge in [0.2, 0.25) is 0 Å². The Morgan fingerprint density at radius 1 is 1.37 bits per heavy atom. The summed E-state index contributed by atoms with van der Waals surface area (Å²) in [6, 6.07) is 7.10. The Balaban J connectivity index is 1.94. The molecule has 0 aromatic carbocycles. The Morgan fingerprint density at radius 2 is 2.16 bits per heavy atom. The van der Waals surface area contributed by atoms with E-state index < -0.39 is 0 Å². The van der Waals surface area contributed by atoms with Gasteiger partial charge in [-0.05, 0) is 50.8 Å². The van der Waals surface area contributed by atoms with Crippen molar-refractivity contribution >= 4 is 5.82 Å². The third-order valence-corrected chi connectivity index (χ3v) is 3.59. The Kier molecular flexibility index (Phi) is 5.20. The van der Waals surface area contributed by atoms with Crippen LogP contribution in [0.2, 0.25) is 0 Å². The van der Waals surface area contributed by atoms with E-state index in [2.05, 4.69) is 48.1 Å². The van der Waals surface area contributed by atoms with E-state index in [1.54, 1.807) is 0 Å². The summed E-state index contributed by atoms with van der Waals surface area (Å²) in [5.41, 5.74) is 1.19. The van der Waals surface area contributed by atoms with Crippen molar-refractivity contribution in [3.8, 4) is 0 Å². The minimum atomic E-state index is 0.780. The molecule has 1 aliphatic rings. The van der Waals surface area contributed by atoms with Crippen molar-refractivity contribution in [1.29, 1.82) is 0 Å². The molecule has 1 heterocycles. The van der Waals surface area contributed by atoms with Gasteiger partial charge in [-0.2, -0.15) is 0 Å². The molecular formula is C16H27N3. The van der Waals surface area contributed by atoms with Gasteiger partial charge < -0.3 is 5.32 Å². The lowest BCUT2D eigenvalue weighted by molar-refractivity contribution is 0.237. The van der Waals surface area contributed by atoms with Crippen molar-refractivity contribution in [1.82, 2.24) is 9.88 Å². The second-order valence-electron chi connectivity index (χ2n) is 5.93. The van der Waals surface area contributed by atoms with E-state index in [0.717, 1.165) is 30.9 Å². The normalized spacial score (nSPS) is 15.2. The summed E-state index contributed by atoms with van der Waals surface area (Å²) < 4.78 is 0. The largest absolute Gasteiger partial charge is 0.370 e. The molecule has 0 aliphatic heterocycles. The Hall–Kier alpha value is -1.09. The first-order valence-corrected chi connectivity index (χ1v) is 7.63. The topological polar surface area (TPSA) is 28.2 Å². The van der Waals surface area contributed by atoms with E-state index >= 15 is 0 Å². The van der Waals surface area contributed by atoms with Crippen molar-refractivity contribution in [3.05, 3.63) is 23.9 Å². The fraction of sp³-hybridized carbons (Fsp3) is 0.688. The molecule has 3 heteroatoms. The molecule has 0 unspecified atom stereocenters. The maximum Gasteiger partial charge on any atom is 0.126 e. The highest BCUT2D eigenvalue weighted by Crippen LogP contribution is 2.28. The van der Waals surface area contributed by atoms with Gasteiger partial charge in [0, 0.05) is 19.1 Å². The molecule has 1 aromatic rings. The highest BCUT2D eigenvalue weighted by molar-refractivity contribution is 5.35. The fourth-order valence-corrected chi connectivity index (χ4v) is 2.31. The maximum absolute atomic E-state index is 4.69. The minimum Gasteiger partial charge on any atom is -0.370 e. The SMILES string of the molecule is CCNc1cccc(CN(CCC(C)C)C2CC2)n1. The van der Waals surface area contributed by atoms with Gasteiger partial charge in [0.25, 0.3) is 0 Å². The molecule has 0 radical (unpaired) electrons. The summed E-state index contributed by atoms with van der Waals surface area (Å²) in [6.45, 7) is 9.83. The standard InChI is InChI=1S/C16H27N3/c1-4-17-16-7-5-6-14(18-16)12-19(15-8-9-15)11-10-13(2)3/h5-7,13,15H,4,8-12H2,1-3H3,(H,17,18). The number of hydrogen-bond donors (Lipinski definition) is 1. The van der Waals surface area contributed by atoms with E-state index in [1.807, 2.05) is 6.07 Å². The number of rotatable bonds is 8. The fourth-order valence-electron chi connectivity index (χ4n) is 2.31. The van der Waals surface area contributed by atoms with Crippen molar-refractivity contribution in [2.45, 2.75) is 52.6 Å². The molecule has 1 saturated carbocycles. The summed E-state index contributed by atoms with van der Waals surface area (Å²) in [7, 11) is 0. The number of anilines is 1. The van der Waals surface area contributed by atoms with Crippen LogP contribution in [0.25, 0.3) is 0 Å². The van der Waals surface area contributed by atoms with Gasteiger partial charge in [0.15, 0.2) is 0 Å². The first-order valence-electron chi connectivity index (χ1n) is 7.63. The molecule has 0 bridgehead atoms. The van der Waals surface area contributed by atoms with E-state index in [9.17, 15) is 0 Å². The summed E-state index contributed by atoms with van der Waals surface area (Å²) in [5, 5.41) is 3.29. The molecule has 106 valence electrons. The highest BCUT2D eigenvalue weighted by atomic mass is 15.2. The first kappa shape index (κ1) is 14.3. The van der Waals surface area contributed by atoms with Crippen LogP contribution in [0.5, 0.6) is 0 Å². The molecule has 0 amide bonds. The monoisotopic (exact) mass is 261 g/mol. The van der Waals surface area contributed by atoms with E-state index in [1.165, 1.54) is 31.5 Å². The number of aromatic nitrogens is 1. The smallest absolute Gasteiger partial charge is 0.126 e. The Morgan fingerprint density at radius 3 is 2.79 bits per heavy atom. The van der Waals surface area contributed by atoms with Gasteiger partial charge in [-0.15, -0.1) is 0 Å². The second kappa shape index (κ2) is 6.90. The zero-order chi connectivity index (χ0) is 13.7. The molecule has 1 N–H and O–H groups in total. The maximum atomic E-state index is 4.69. The predicted octanol–water partition coefficient (Wildman–Crippen LogP) is 3.52. The molecular weight excluding hydrogens is 234 g/mol. The van der Waals surface area contributed by atoms with Gasteiger partial charge in [-0.25, -0.2) is 4.98 Å². The van der Waals surface area contributed by atoms with Crippen LogP contribution >= 0.6 is 0 Å². The Bertz CT molecular complexity index is 385. The number of hydrogen-bond acceptors (Lipinski definition) is 3. The van der Waals surface area contributed by atoms with Crippen LogP contribution in [0.15, 0.2) is 18.2 Å². The molecule has 2 rings (SSSR count). The average molecular weight is 261 g/mol. The van der Waals surface area contributed by atoms with Crippen LogP contribution in [0.3, 0.4) is 0 Å². The highest BCUT2D eigenvalue weighted by Gasteiger charge is 2.28. The zero-order valence-electron chi connectivity index (χ0n) is 12.5. The van der Waals surface area contributed by atoms with Crippen LogP contribution in [0, 0.1) is 5.92 Å². The van der Waals surface area contributed by atoms with Crippen LogP contribution in [0.4, 0.5) is 5.82 Å². The molecule has 19 heavy (non-hydrogen) atoms. The predicted molar refractivity (Wildman–Crippen MR) is 81.3 cm³/mol. The van der Waals surface area contributed by atoms with E-state index in [4.69, 9.17) is 0 Å². The van der Waals surface area contributed by atoms with Gasteiger partial charge in [0.1, 0.15) is 5.82 Å². The number of nitrogens with zero attached hydrogens (tertiary/aromatic N) is 2. The summed E-state index contributed by atoms with van der Waals surface area (Å²) in [6.07, 6.45) is 4.01. The molecule has 0 saturated heterocycles. The summed E-state index contributed by atoms with van der Waals surface area (Å²) >= 11 is 0. The Labute approximate surface area is 117 Å². The van der Waals surface area contributed by atoms with E-state index in [-0.39, 0.29) is 0 Å². The molecule has 0 spiro atoms. The van der Waals surface area contributed by atoms with Crippen LogP contribution in [-0.2, 0) is 6.54 Å². The summed E-state index contributed by atoms with van der Waals surface area (Å²) in [4.78, 5) is 7.30. The van der Waals surface area contributed by atoms with Crippen molar-refractivity contribution in [3.63, 3.8) is 0 Å². The molecule has 3 nitrogen and oxygen atoms in total. The zero-order valence-corrected chi connectivity index (χ0v) is 12.5. The first-order chi connectivity index (χ1) is 9.19. The van der Waals surface area contributed by atoms with Crippen LogP contribution in [0.1, 0.15) is 45.7 Å². The number of pyridine rings is 1. The molecule has 1 aliphatic carbocycles. The lowest BCUT2D eigenvalue weighted by Crippen LogP contribution is -2.28. The van der Waals surface area contributed by atoms with Gasteiger partial charge in [-0.3, -0.25) is 4.90 Å². The van der Waals surface area contributed by atoms with Crippen molar-refractivity contribution in [2.75, 3.05) is 18.4 Å². The average Bonchev–Trinajstić information content (AvgIpc) is 3.19. The van der Waals surface area contributed by atoms with Crippen LogP contribution in [-0.4, -0.2) is 29.0 Å². The summed E-state index contributed by atoms with van der Waals surface area (Å²) in [5.74, 6) is 1.78. The molecule has 1 aromatic heterocycles. The van der Waals surface area contributed by atoms with E-state index in [0.29, 0.717) is 0 Å². The van der Waals surface area contributed by atoms with Gasteiger partial charge in [0.05, 0.1) is 5.69 Å². The van der Waals surface area contributed by atoms with Crippen molar-refractivity contribution in [2.24, 2.45) is 5.92 Å². The molecule has 1 fully saturated rings. The lowest BCUT2D eigenvalue weighted by Gasteiger charge is -2.22. The quantitative estimate of drug-likeness (QED) is 0.776. The van der Waals surface area contributed by atoms with Crippen LogP contribution < -0.4 is 5.32 Å².